The van der Waals surface area contributed by atoms with Crippen molar-refractivity contribution in [2.24, 2.45) is 0 Å². The highest BCUT2D eigenvalue weighted by Gasteiger charge is 2.17. The van der Waals surface area contributed by atoms with Gasteiger partial charge in [-0.1, -0.05) is 0 Å². The van der Waals surface area contributed by atoms with Crippen molar-refractivity contribution in [1.82, 2.24) is 5.32 Å². The van der Waals surface area contributed by atoms with Gasteiger partial charge in [0, 0.05) is 37.1 Å². The van der Waals surface area contributed by atoms with Crippen LogP contribution >= 0.6 is 0 Å². The molecule has 1 heterocycles. The number of nitrogen functional groups attached to an aromatic ring is 1. The topological polar surface area (TPSA) is 41.3 Å². The van der Waals surface area contributed by atoms with Crippen LogP contribution in [0.15, 0.2) is 24.3 Å². The predicted molar refractivity (Wildman–Crippen MR) is 60.5 cm³/mol. The monoisotopic (exact) mass is 191 g/mol. The maximum absolute atomic E-state index is 5.66. The summed E-state index contributed by atoms with van der Waals surface area (Å²) in [4.78, 5) is 2.41. The number of hydrogen-bond acceptors (Lipinski definition) is 3. The van der Waals surface area contributed by atoms with Crippen molar-refractivity contribution in [2.75, 3.05) is 30.3 Å². The molecule has 1 atom stereocenters. The molecule has 1 fully saturated rings. The second-order valence-corrected chi connectivity index (χ2v) is 3.84. The normalized spacial score (nSPS) is 22.4. The summed E-state index contributed by atoms with van der Waals surface area (Å²) in [6.07, 6.45) is 0. The van der Waals surface area contributed by atoms with E-state index in [9.17, 15) is 0 Å². The lowest BCUT2D eigenvalue weighted by atomic mass is 10.1. The van der Waals surface area contributed by atoms with Crippen molar-refractivity contribution in [3.8, 4) is 0 Å². The molecule has 14 heavy (non-hydrogen) atoms. The summed E-state index contributed by atoms with van der Waals surface area (Å²) in [5.41, 5.74) is 7.76. The van der Waals surface area contributed by atoms with Gasteiger partial charge in [0.05, 0.1) is 0 Å². The molecule has 1 unspecified atom stereocenters. The molecule has 3 heteroatoms. The second-order valence-electron chi connectivity index (χ2n) is 3.84. The van der Waals surface area contributed by atoms with Crippen LogP contribution in [0.25, 0.3) is 0 Å². The van der Waals surface area contributed by atoms with Crippen LogP contribution in [0.3, 0.4) is 0 Å². The van der Waals surface area contributed by atoms with Crippen LogP contribution in [0.4, 0.5) is 11.4 Å². The first-order valence-corrected chi connectivity index (χ1v) is 5.10. The Bertz CT molecular complexity index is 294. The van der Waals surface area contributed by atoms with Crippen LogP contribution in [0.2, 0.25) is 0 Å². The first-order chi connectivity index (χ1) is 6.77. The fourth-order valence-electron chi connectivity index (χ4n) is 1.89. The molecule has 1 aliphatic rings. The Hall–Kier alpha value is -1.22. The summed E-state index contributed by atoms with van der Waals surface area (Å²) in [7, 11) is 0. The lowest BCUT2D eigenvalue weighted by Gasteiger charge is -2.35. The van der Waals surface area contributed by atoms with Gasteiger partial charge in [0.2, 0.25) is 0 Å². The number of benzene rings is 1. The van der Waals surface area contributed by atoms with E-state index in [1.807, 2.05) is 12.1 Å². The summed E-state index contributed by atoms with van der Waals surface area (Å²) in [6.45, 7) is 5.44. The van der Waals surface area contributed by atoms with Crippen LogP contribution in [-0.2, 0) is 0 Å². The van der Waals surface area contributed by atoms with E-state index in [2.05, 4.69) is 29.3 Å². The van der Waals surface area contributed by atoms with Gasteiger partial charge in [-0.3, -0.25) is 0 Å². The predicted octanol–water partition coefficient (Wildman–Crippen LogP) is 1.07. The summed E-state index contributed by atoms with van der Waals surface area (Å²) in [6, 6.07) is 8.68. The third-order valence-electron chi connectivity index (χ3n) is 2.73. The Balaban J connectivity index is 2.16. The van der Waals surface area contributed by atoms with Crippen LogP contribution < -0.4 is 16.0 Å². The highest BCUT2D eigenvalue weighted by molar-refractivity contribution is 5.54. The fraction of sp³-hybridized carbons (Fsp3) is 0.455. The minimum Gasteiger partial charge on any atom is -0.399 e. The Morgan fingerprint density at radius 1 is 1.36 bits per heavy atom. The summed E-state index contributed by atoms with van der Waals surface area (Å²) < 4.78 is 0. The minimum atomic E-state index is 0.562. The molecule has 0 amide bonds. The van der Waals surface area contributed by atoms with E-state index in [0.717, 1.165) is 25.3 Å². The van der Waals surface area contributed by atoms with Crippen molar-refractivity contribution < 1.29 is 0 Å². The summed E-state index contributed by atoms with van der Waals surface area (Å²) >= 11 is 0. The van der Waals surface area contributed by atoms with Gasteiger partial charge in [-0.25, -0.2) is 0 Å². The molecule has 2 rings (SSSR count). The van der Waals surface area contributed by atoms with E-state index in [4.69, 9.17) is 5.73 Å². The number of piperazine rings is 1. The molecule has 1 aromatic carbocycles. The van der Waals surface area contributed by atoms with E-state index >= 15 is 0 Å². The van der Waals surface area contributed by atoms with Crippen molar-refractivity contribution in [3.05, 3.63) is 24.3 Å². The van der Waals surface area contributed by atoms with Gasteiger partial charge in [-0.15, -0.1) is 0 Å². The largest absolute Gasteiger partial charge is 0.399 e. The number of anilines is 2. The molecular weight excluding hydrogens is 174 g/mol. The zero-order valence-corrected chi connectivity index (χ0v) is 8.53. The highest BCUT2D eigenvalue weighted by Crippen LogP contribution is 2.19. The van der Waals surface area contributed by atoms with Crippen molar-refractivity contribution in [2.45, 2.75) is 13.0 Å². The van der Waals surface area contributed by atoms with Gasteiger partial charge in [-0.2, -0.15) is 0 Å². The van der Waals surface area contributed by atoms with Gasteiger partial charge in [0.1, 0.15) is 0 Å². The van der Waals surface area contributed by atoms with Crippen molar-refractivity contribution >= 4 is 11.4 Å². The lowest BCUT2D eigenvalue weighted by Crippen LogP contribution is -2.49. The molecule has 0 radical (unpaired) electrons. The van der Waals surface area contributed by atoms with E-state index in [1.165, 1.54) is 5.69 Å². The van der Waals surface area contributed by atoms with Gasteiger partial charge in [-0.05, 0) is 31.2 Å². The van der Waals surface area contributed by atoms with Crippen molar-refractivity contribution in [1.29, 1.82) is 0 Å². The van der Waals surface area contributed by atoms with Crippen LogP contribution in [-0.4, -0.2) is 25.7 Å². The Morgan fingerprint density at radius 3 is 2.71 bits per heavy atom. The molecule has 3 N–H and O–H groups in total. The third kappa shape index (κ3) is 1.82. The average Bonchev–Trinajstić information content (AvgIpc) is 2.20. The van der Waals surface area contributed by atoms with E-state index in [-0.39, 0.29) is 0 Å². The Morgan fingerprint density at radius 2 is 2.07 bits per heavy atom. The van der Waals surface area contributed by atoms with Gasteiger partial charge >= 0.3 is 0 Å². The average molecular weight is 191 g/mol. The molecule has 3 nitrogen and oxygen atoms in total. The first kappa shape index (κ1) is 9.34. The minimum absolute atomic E-state index is 0.562. The van der Waals surface area contributed by atoms with Crippen LogP contribution in [0.5, 0.6) is 0 Å². The van der Waals surface area contributed by atoms with Crippen molar-refractivity contribution in [3.63, 3.8) is 0 Å². The highest BCUT2D eigenvalue weighted by atomic mass is 15.2. The second kappa shape index (κ2) is 3.88. The molecule has 0 aromatic heterocycles. The number of nitrogens with one attached hydrogen (secondary N) is 1. The van der Waals surface area contributed by atoms with Crippen LogP contribution in [0.1, 0.15) is 6.92 Å². The van der Waals surface area contributed by atoms with E-state index in [1.54, 1.807) is 0 Å². The molecule has 76 valence electrons. The number of nitrogens with two attached hydrogens (primary N) is 1. The number of nitrogens with zero attached hydrogens (tertiary/aromatic N) is 1. The molecule has 0 aliphatic carbocycles. The zero-order chi connectivity index (χ0) is 9.97. The van der Waals surface area contributed by atoms with Gasteiger partial charge in [0.25, 0.3) is 0 Å². The fourth-order valence-corrected chi connectivity index (χ4v) is 1.89. The number of hydrogen-bond donors (Lipinski definition) is 2. The van der Waals surface area contributed by atoms with Gasteiger partial charge in [0.15, 0.2) is 0 Å². The SMILES string of the molecule is CC1CNCCN1c1ccc(N)cc1. The van der Waals surface area contributed by atoms with E-state index in [0.29, 0.717) is 6.04 Å². The summed E-state index contributed by atoms with van der Waals surface area (Å²) in [5.74, 6) is 0. The molecular formula is C11H17N3. The Labute approximate surface area is 84.9 Å². The van der Waals surface area contributed by atoms with E-state index < -0.39 is 0 Å². The molecule has 1 saturated heterocycles. The molecule has 1 aromatic rings. The molecule has 0 spiro atoms. The third-order valence-corrected chi connectivity index (χ3v) is 2.73. The smallest absolute Gasteiger partial charge is 0.0386 e. The number of rotatable bonds is 1. The molecule has 1 aliphatic heterocycles. The maximum Gasteiger partial charge on any atom is 0.0386 e. The first-order valence-electron chi connectivity index (χ1n) is 5.10. The summed E-state index contributed by atoms with van der Waals surface area (Å²) in [5, 5.41) is 3.38. The molecule has 0 saturated carbocycles. The van der Waals surface area contributed by atoms with Crippen LogP contribution in [0, 0.1) is 0 Å². The lowest BCUT2D eigenvalue weighted by molar-refractivity contribution is 0.501. The van der Waals surface area contributed by atoms with Gasteiger partial charge < -0.3 is 16.0 Å². The molecule has 0 bridgehead atoms. The quantitative estimate of drug-likeness (QED) is 0.652. The standard InChI is InChI=1S/C11H17N3/c1-9-8-13-6-7-14(9)11-4-2-10(12)3-5-11/h2-5,9,13H,6-8,12H2,1H3. The zero-order valence-electron chi connectivity index (χ0n) is 8.53. The Kier molecular flexibility index (Phi) is 2.59. The maximum atomic E-state index is 5.66.